The van der Waals surface area contributed by atoms with E-state index in [0.717, 1.165) is 19.3 Å². The maximum absolute atomic E-state index is 10.9. The molecule has 0 aliphatic rings. The molecule has 2 atom stereocenters. The van der Waals surface area contributed by atoms with Crippen molar-refractivity contribution in [2.24, 2.45) is 27.6 Å². The largest absolute Gasteiger partial charge is 0.370 e. The fourth-order valence-corrected chi connectivity index (χ4v) is 2.54. The van der Waals surface area contributed by atoms with Crippen molar-refractivity contribution in [1.82, 2.24) is 5.32 Å². The standard InChI is InChI=1S/C12H25NO.C11H24N4O.CH4/c1-10(14)11(13)8-6-5-7-9-12(2,3)4;1-8(16)9(12)6-5-7-14-10(13)15-11(2,3)4;/h11H,5-9,13H2,1-4H3;9H,5-7,12H2,1-4H3,(H3,13,14,15);1H4/t11-;9-;/m00./s1. The van der Waals surface area contributed by atoms with Crippen molar-refractivity contribution in [3.8, 4) is 0 Å². The molecule has 0 unspecified atom stereocenters. The Bertz CT molecular complexity index is 519. The van der Waals surface area contributed by atoms with Gasteiger partial charge in [-0.05, 0) is 65.7 Å². The van der Waals surface area contributed by atoms with E-state index < -0.39 is 0 Å². The molecule has 0 heterocycles. The SMILES string of the molecule is C.CC(=O)[C@@H](N)CCCCCC(C)(C)C.CC(=O)[C@@H](N)CCCN=C(N)NC(C)(C)C. The van der Waals surface area contributed by atoms with Gasteiger partial charge < -0.3 is 22.5 Å². The highest BCUT2D eigenvalue weighted by atomic mass is 16.1. The van der Waals surface area contributed by atoms with Gasteiger partial charge in [0.15, 0.2) is 5.96 Å². The summed E-state index contributed by atoms with van der Waals surface area (Å²) in [6, 6.07) is -0.600. The van der Waals surface area contributed by atoms with Crippen LogP contribution in [0.3, 0.4) is 0 Å². The molecule has 0 rings (SSSR count). The predicted molar refractivity (Wildman–Crippen MR) is 135 cm³/mol. The lowest BCUT2D eigenvalue weighted by Gasteiger charge is -2.21. The van der Waals surface area contributed by atoms with Crippen LogP contribution in [0.4, 0.5) is 0 Å². The first-order chi connectivity index (χ1) is 13.5. The number of carbonyl (C=O) groups is 2. The van der Waals surface area contributed by atoms with Gasteiger partial charge in [-0.15, -0.1) is 0 Å². The molecule has 0 saturated carbocycles. The molecule has 0 saturated heterocycles. The molecule has 0 aliphatic heterocycles. The average Bonchev–Trinajstić information content (AvgIpc) is 2.55. The van der Waals surface area contributed by atoms with Crippen molar-refractivity contribution < 1.29 is 9.59 Å². The van der Waals surface area contributed by atoms with E-state index in [-0.39, 0.29) is 36.6 Å². The van der Waals surface area contributed by atoms with Gasteiger partial charge in [0.05, 0.1) is 12.1 Å². The second-order valence-corrected chi connectivity index (χ2v) is 10.4. The van der Waals surface area contributed by atoms with E-state index in [9.17, 15) is 9.59 Å². The van der Waals surface area contributed by atoms with Crippen molar-refractivity contribution in [3.05, 3.63) is 0 Å². The third-order valence-electron chi connectivity index (χ3n) is 4.44. The number of unbranched alkanes of at least 4 members (excludes halogenated alkanes) is 2. The number of nitrogens with zero attached hydrogens (tertiary/aromatic N) is 1. The summed E-state index contributed by atoms with van der Waals surface area (Å²) in [6.45, 7) is 16.5. The van der Waals surface area contributed by atoms with E-state index >= 15 is 0 Å². The molecule has 0 amide bonds. The fraction of sp³-hybridized carbons (Fsp3) is 0.875. The first-order valence-corrected chi connectivity index (χ1v) is 11.2. The maximum Gasteiger partial charge on any atom is 0.188 e. The summed E-state index contributed by atoms with van der Waals surface area (Å²) in [5.41, 5.74) is 17.3. The fourth-order valence-electron chi connectivity index (χ4n) is 2.54. The molecule has 0 spiro atoms. The Morgan fingerprint density at radius 2 is 1.29 bits per heavy atom. The first-order valence-electron chi connectivity index (χ1n) is 11.2. The summed E-state index contributed by atoms with van der Waals surface area (Å²) in [6.07, 6.45) is 7.04. The summed E-state index contributed by atoms with van der Waals surface area (Å²) >= 11 is 0. The summed E-state index contributed by atoms with van der Waals surface area (Å²) in [5.74, 6) is 0.564. The van der Waals surface area contributed by atoms with Crippen molar-refractivity contribution in [1.29, 1.82) is 0 Å². The third kappa shape index (κ3) is 26.5. The zero-order chi connectivity index (χ0) is 24.0. The van der Waals surface area contributed by atoms with Gasteiger partial charge in [-0.1, -0.05) is 47.5 Å². The topological polar surface area (TPSA) is 137 Å². The number of guanidine groups is 1. The molecule has 186 valence electrons. The number of nitrogens with one attached hydrogen (secondary N) is 1. The highest BCUT2D eigenvalue weighted by molar-refractivity contribution is 5.81. The molecule has 7 heteroatoms. The summed E-state index contributed by atoms with van der Waals surface area (Å²) in [4.78, 5) is 25.9. The summed E-state index contributed by atoms with van der Waals surface area (Å²) in [5, 5.41) is 3.06. The van der Waals surface area contributed by atoms with E-state index in [1.165, 1.54) is 26.2 Å². The zero-order valence-electron chi connectivity index (χ0n) is 20.8. The van der Waals surface area contributed by atoms with Gasteiger partial charge in [0.2, 0.25) is 0 Å². The Hall–Kier alpha value is -1.47. The number of nitrogens with two attached hydrogens (primary N) is 3. The molecule has 0 bridgehead atoms. The predicted octanol–water partition coefficient (Wildman–Crippen LogP) is 3.92. The first kappa shape index (κ1) is 34.2. The molecule has 0 radical (unpaired) electrons. The number of Topliss-reactive ketones (excluding diaryl/α,β-unsaturated/α-hetero) is 2. The Labute approximate surface area is 192 Å². The van der Waals surface area contributed by atoms with Gasteiger partial charge >= 0.3 is 0 Å². The molecule has 0 fully saturated rings. The van der Waals surface area contributed by atoms with E-state index in [1.54, 1.807) is 6.92 Å². The molecule has 0 aromatic carbocycles. The minimum Gasteiger partial charge on any atom is -0.370 e. The monoisotopic (exact) mass is 443 g/mol. The Kier molecular flexibility index (Phi) is 18.9. The zero-order valence-corrected chi connectivity index (χ0v) is 20.8. The van der Waals surface area contributed by atoms with E-state index in [4.69, 9.17) is 17.2 Å². The van der Waals surface area contributed by atoms with Gasteiger partial charge in [0.1, 0.15) is 11.6 Å². The number of carbonyl (C=O) groups excluding carboxylic acids is 2. The molecular weight excluding hydrogens is 390 g/mol. The van der Waals surface area contributed by atoms with Crippen LogP contribution in [0.15, 0.2) is 4.99 Å². The lowest BCUT2D eigenvalue weighted by Crippen LogP contribution is -2.45. The molecule has 31 heavy (non-hydrogen) atoms. The van der Waals surface area contributed by atoms with Gasteiger partial charge in [0, 0.05) is 12.1 Å². The van der Waals surface area contributed by atoms with Crippen LogP contribution in [-0.4, -0.2) is 41.7 Å². The second kappa shape index (κ2) is 17.1. The van der Waals surface area contributed by atoms with Crippen LogP contribution in [0.25, 0.3) is 0 Å². The van der Waals surface area contributed by atoms with Gasteiger partial charge in [-0.3, -0.25) is 14.6 Å². The van der Waals surface area contributed by atoms with Gasteiger partial charge in [-0.2, -0.15) is 0 Å². The van der Waals surface area contributed by atoms with Gasteiger partial charge in [0.25, 0.3) is 0 Å². The Morgan fingerprint density at radius 1 is 0.839 bits per heavy atom. The third-order valence-corrected chi connectivity index (χ3v) is 4.44. The number of aliphatic imine (C=N–C) groups is 1. The number of hydrogen-bond acceptors (Lipinski definition) is 5. The van der Waals surface area contributed by atoms with Crippen LogP contribution in [-0.2, 0) is 9.59 Å². The van der Waals surface area contributed by atoms with Crippen molar-refractivity contribution in [3.63, 3.8) is 0 Å². The quantitative estimate of drug-likeness (QED) is 0.217. The van der Waals surface area contributed by atoms with Crippen LogP contribution < -0.4 is 22.5 Å². The van der Waals surface area contributed by atoms with E-state index in [2.05, 4.69) is 31.1 Å². The lowest BCUT2D eigenvalue weighted by molar-refractivity contribution is -0.119. The molecule has 0 aromatic heterocycles. The second-order valence-electron chi connectivity index (χ2n) is 10.4. The molecule has 7 nitrogen and oxygen atoms in total. The maximum atomic E-state index is 10.9. The summed E-state index contributed by atoms with van der Waals surface area (Å²) < 4.78 is 0. The number of hydrogen-bond donors (Lipinski definition) is 4. The molecule has 7 N–H and O–H groups in total. The van der Waals surface area contributed by atoms with Crippen LogP contribution in [0, 0.1) is 5.41 Å². The number of ketones is 2. The van der Waals surface area contributed by atoms with Crippen LogP contribution >= 0.6 is 0 Å². The normalized spacial score (nSPS) is 13.9. The van der Waals surface area contributed by atoms with E-state index in [0.29, 0.717) is 24.3 Å². The smallest absolute Gasteiger partial charge is 0.188 e. The summed E-state index contributed by atoms with van der Waals surface area (Å²) in [7, 11) is 0. The minimum atomic E-state index is -0.369. The molecule has 0 aromatic rings. The van der Waals surface area contributed by atoms with Crippen LogP contribution in [0.1, 0.15) is 108 Å². The molecule has 0 aliphatic carbocycles. The number of rotatable bonds is 11. The minimum absolute atomic E-state index is 0. The highest BCUT2D eigenvalue weighted by Gasteiger charge is 2.11. The Morgan fingerprint density at radius 3 is 1.68 bits per heavy atom. The van der Waals surface area contributed by atoms with Crippen LogP contribution in [0.5, 0.6) is 0 Å². The highest BCUT2D eigenvalue weighted by Crippen LogP contribution is 2.22. The van der Waals surface area contributed by atoms with E-state index in [1.807, 2.05) is 20.8 Å². The van der Waals surface area contributed by atoms with Crippen LogP contribution in [0.2, 0.25) is 0 Å². The van der Waals surface area contributed by atoms with Crippen molar-refractivity contribution in [2.45, 2.75) is 125 Å². The van der Waals surface area contributed by atoms with Gasteiger partial charge in [-0.25, -0.2) is 0 Å². The van der Waals surface area contributed by atoms with Crippen molar-refractivity contribution >= 4 is 17.5 Å². The van der Waals surface area contributed by atoms with Crippen molar-refractivity contribution in [2.75, 3.05) is 6.54 Å². The average molecular weight is 444 g/mol. The molecular formula is C24H53N5O2. The Balaban J connectivity index is -0.000000494. The lowest BCUT2D eigenvalue weighted by atomic mass is 9.89.